The number of hydrogen-bond acceptors (Lipinski definition) is 4. The van der Waals surface area contributed by atoms with E-state index in [0.717, 1.165) is 0 Å². The number of carbonyl (C=O) groups excluding carboxylic acids is 2. The molecule has 92 valence electrons. The predicted molar refractivity (Wildman–Crippen MR) is 62.2 cm³/mol. The van der Waals surface area contributed by atoms with Crippen molar-refractivity contribution in [3.8, 4) is 0 Å². The lowest BCUT2D eigenvalue weighted by atomic mass is 10.3. The van der Waals surface area contributed by atoms with Crippen LogP contribution in [-0.4, -0.2) is 47.1 Å². The van der Waals surface area contributed by atoms with Gasteiger partial charge in [0.15, 0.2) is 5.69 Å². The average Bonchev–Trinajstić information content (AvgIpc) is 2.55. The largest absolute Gasteiger partial charge is 0.354 e. The number of aromatic nitrogens is 2. The van der Waals surface area contributed by atoms with Crippen molar-refractivity contribution in [3.05, 3.63) is 16.4 Å². The van der Waals surface area contributed by atoms with Gasteiger partial charge < -0.3 is 5.32 Å². The Kier molecular flexibility index (Phi) is 3.17. The number of amides is 1. The number of nitrogens with one attached hydrogen (secondary N) is 1. The minimum Gasteiger partial charge on any atom is -0.354 e. The molecule has 2 rings (SSSR count). The molecule has 0 atom stereocenters. The molecule has 1 aromatic heterocycles. The van der Waals surface area contributed by atoms with Gasteiger partial charge in [-0.05, 0) is 7.05 Å². The Bertz CT molecular complexity index is 483. The zero-order chi connectivity index (χ0) is 12.6. The van der Waals surface area contributed by atoms with E-state index in [1.165, 1.54) is 11.7 Å². The summed E-state index contributed by atoms with van der Waals surface area (Å²) in [4.78, 5) is 25.3. The van der Waals surface area contributed by atoms with E-state index >= 15 is 0 Å². The normalized spacial score (nSPS) is 16.5. The van der Waals surface area contributed by atoms with Gasteiger partial charge in [0.25, 0.3) is 5.91 Å². The van der Waals surface area contributed by atoms with Gasteiger partial charge in [0.05, 0.1) is 10.7 Å². The Morgan fingerprint density at radius 2 is 2.24 bits per heavy atom. The lowest BCUT2D eigenvalue weighted by Gasteiger charge is -2.11. The van der Waals surface area contributed by atoms with E-state index in [1.807, 2.05) is 11.9 Å². The molecule has 0 bridgehead atoms. The van der Waals surface area contributed by atoms with Crippen LogP contribution in [-0.2, 0) is 6.54 Å². The topological polar surface area (TPSA) is 67.2 Å². The van der Waals surface area contributed by atoms with Crippen molar-refractivity contribution < 1.29 is 9.59 Å². The monoisotopic (exact) mass is 256 g/mol. The molecule has 0 fully saturated rings. The molecule has 0 aliphatic carbocycles. The van der Waals surface area contributed by atoms with Crippen molar-refractivity contribution in [1.82, 2.24) is 20.0 Å². The molecule has 1 aromatic rings. The van der Waals surface area contributed by atoms with Crippen LogP contribution in [0.25, 0.3) is 0 Å². The molecule has 0 saturated heterocycles. The first kappa shape index (κ1) is 12.1. The molecule has 1 N–H and O–H groups in total. The molecule has 0 spiro atoms. The van der Waals surface area contributed by atoms with Crippen LogP contribution in [0.15, 0.2) is 0 Å². The minimum atomic E-state index is -0.383. The number of fused-ring (bicyclic) bond motifs is 1. The van der Waals surface area contributed by atoms with Crippen molar-refractivity contribution >= 4 is 23.4 Å². The van der Waals surface area contributed by atoms with Gasteiger partial charge in [-0.1, -0.05) is 11.6 Å². The molecule has 0 radical (unpaired) electrons. The summed E-state index contributed by atoms with van der Waals surface area (Å²) < 4.78 is 1.25. The van der Waals surface area contributed by atoms with E-state index in [2.05, 4.69) is 10.4 Å². The zero-order valence-corrected chi connectivity index (χ0v) is 10.4. The summed E-state index contributed by atoms with van der Waals surface area (Å²) in [6.45, 7) is 1.17. The molecule has 7 heteroatoms. The van der Waals surface area contributed by atoms with Crippen LogP contribution in [0.3, 0.4) is 0 Å². The Balaban J connectivity index is 2.51. The van der Waals surface area contributed by atoms with Crippen molar-refractivity contribution in [2.75, 3.05) is 20.6 Å². The molecule has 1 aliphatic heterocycles. The van der Waals surface area contributed by atoms with E-state index in [0.29, 0.717) is 25.2 Å². The Morgan fingerprint density at radius 3 is 2.88 bits per heavy atom. The second kappa shape index (κ2) is 4.46. The van der Waals surface area contributed by atoms with Crippen LogP contribution >= 0.6 is 11.6 Å². The van der Waals surface area contributed by atoms with Crippen molar-refractivity contribution in [2.24, 2.45) is 0 Å². The first-order chi connectivity index (χ1) is 8.04. The van der Waals surface area contributed by atoms with Crippen LogP contribution in [0, 0.1) is 0 Å². The van der Waals surface area contributed by atoms with Crippen molar-refractivity contribution in [1.29, 1.82) is 0 Å². The molecule has 0 unspecified atom stereocenters. The van der Waals surface area contributed by atoms with E-state index < -0.39 is 0 Å². The SMILES string of the molecule is CNC(=O)c1nn2c(c1Cl)CN(C)CCC2=O. The molecular formula is C10H13ClN4O2. The van der Waals surface area contributed by atoms with Crippen LogP contribution < -0.4 is 5.32 Å². The molecular weight excluding hydrogens is 244 g/mol. The predicted octanol–water partition coefficient (Wildman–Crippen LogP) is 0.372. The van der Waals surface area contributed by atoms with Crippen LogP contribution in [0.1, 0.15) is 27.4 Å². The maximum Gasteiger partial charge on any atom is 0.273 e. The fourth-order valence-electron chi connectivity index (χ4n) is 1.77. The van der Waals surface area contributed by atoms with Gasteiger partial charge in [0.1, 0.15) is 0 Å². The highest BCUT2D eigenvalue weighted by Gasteiger charge is 2.27. The van der Waals surface area contributed by atoms with E-state index in [1.54, 1.807) is 0 Å². The minimum absolute atomic E-state index is 0.104. The van der Waals surface area contributed by atoms with E-state index in [9.17, 15) is 9.59 Å². The van der Waals surface area contributed by atoms with Crippen molar-refractivity contribution in [3.63, 3.8) is 0 Å². The van der Waals surface area contributed by atoms with Gasteiger partial charge in [-0.2, -0.15) is 5.10 Å². The lowest BCUT2D eigenvalue weighted by Crippen LogP contribution is -2.21. The summed E-state index contributed by atoms with van der Waals surface area (Å²) in [7, 11) is 3.39. The number of nitrogens with zero attached hydrogens (tertiary/aromatic N) is 3. The van der Waals surface area contributed by atoms with Gasteiger partial charge in [-0.25, -0.2) is 4.68 Å². The summed E-state index contributed by atoms with van der Waals surface area (Å²) in [6, 6.07) is 0. The van der Waals surface area contributed by atoms with Gasteiger partial charge in [-0.15, -0.1) is 0 Å². The average molecular weight is 257 g/mol. The Labute approximate surface area is 104 Å². The molecule has 0 aromatic carbocycles. The summed E-state index contributed by atoms with van der Waals surface area (Å²) >= 11 is 6.10. The fourth-order valence-corrected chi connectivity index (χ4v) is 2.03. The lowest BCUT2D eigenvalue weighted by molar-refractivity contribution is 0.0884. The van der Waals surface area contributed by atoms with Gasteiger partial charge >= 0.3 is 0 Å². The Hall–Kier alpha value is -1.40. The third-order valence-corrected chi connectivity index (χ3v) is 3.12. The third-order valence-electron chi connectivity index (χ3n) is 2.72. The molecule has 0 saturated carbocycles. The van der Waals surface area contributed by atoms with Gasteiger partial charge in [0.2, 0.25) is 5.91 Å². The number of carbonyl (C=O) groups is 2. The summed E-state index contributed by atoms with van der Waals surface area (Å²) in [5.74, 6) is -0.521. The van der Waals surface area contributed by atoms with Crippen LogP contribution in [0.5, 0.6) is 0 Å². The number of rotatable bonds is 1. The first-order valence-electron chi connectivity index (χ1n) is 5.25. The molecule has 17 heavy (non-hydrogen) atoms. The van der Waals surface area contributed by atoms with E-state index in [-0.39, 0.29) is 22.5 Å². The maximum atomic E-state index is 11.8. The molecule has 2 heterocycles. The smallest absolute Gasteiger partial charge is 0.273 e. The summed E-state index contributed by atoms with van der Waals surface area (Å²) in [5, 5.41) is 6.70. The van der Waals surface area contributed by atoms with Crippen molar-refractivity contribution in [2.45, 2.75) is 13.0 Å². The zero-order valence-electron chi connectivity index (χ0n) is 9.66. The number of halogens is 1. The third kappa shape index (κ3) is 2.05. The highest BCUT2D eigenvalue weighted by atomic mass is 35.5. The Morgan fingerprint density at radius 1 is 1.53 bits per heavy atom. The standard InChI is InChI=1S/C10H13ClN4O2/c1-12-10(17)9-8(11)6-5-14(2)4-3-7(16)15(6)13-9/h3-5H2,1-2H3,(H,12,17). The second-order valence-electron chi connectivity index (χ2n) is 3.98. The first-order valence-corrected chi connectivity index (χ1v) is 5.63. The fraction of sp³-hybridized carbons (Fsp3) is 0.500. The molecule has 6 nitrogen and oxygen atoms in total. The van der Waals surface area contributed by atoms with Crippen LogP contribution in [0.2, 0.25) is 5.02 Å². The number of hydrogen-bond donors (Lipinski definition) is 1. The molecule has 1 amide bonds. The van der Waals surface area contributed by atoms with Gasteiger partial charge in [0, 0.05) is 26.6 Å². The second-order valence-corrected chi connectivity index (χ2v) is 4.36. The van der Waals surface area contributed by atoms with Crippen LogP contribution in [0.4, 0.5) is 0 Å². The highest BCUT2D eigenvalue weighted by Crippen LogP contribution is 2.24. The quantitative estimate of drug-likeness (QED) is 0.789. The summed E-state index contributed by atoms with van der Waals surface area (Å²) in [5.41, 5.74) is 0.683. The molecule has 1 aliphatic rings. The maximum absolute atomic E-state index is 11.8. The highest BCUT2D eigenvalue weighted by molar-refractivity contribution is 6.34. The summed E-state index contributed by atoms with van der Waals surface area (Å²) in [6.07, 6.45) is 0.370. The van der Waals surface area contributed by atoms with E-state index in [4.69, 9.17) is 11.6 Å². The van der Waals surface area contributed by atoms with Gasteiger partial charge in [-0.3, -0.25) is 14.5 Å².